The van der Waals surface area contributed by atoms with E-state index in [1.807, 2.05) is 13.8 Å². The third kappa shape index (κ3) is 5.09. The second-order valence-electron chi connectivity index (χ2n) is 4.98. The molecule has 1 atom stereocenters. The van der Waals surface area contributed by atoms with Crippen LogP contribution in [0.3, 0.4) is 0 Å². The summed E-state index contributed by atoms with van der Waals surface area (Å²) in [6.07, 6.45) is 0. The summed E-state index contributed by atoms with van der Waals surface area (Å²) < 4.78 is 0. The number of rotatable bonds is 6. The summed E-state index contributed by atoms with van der Waals surface area (Å²) in [4.78, 5) is 11.8. The van der Waals surface area contributed by atoms with Crippen LogP contribution in [0.5, 0.6) is 5.75 Å². The first-order valence-electron chi connectivity index (χ1n) is 6.39. The monoisotopic (exact) mass is 284 g/mol. The number of phenols is 1. The van der Waals surface area contributed by atoms with Crippen LogP contribution in [-0.2, 0) is 11.3 Å². The number of hydrogen-bond donors (Lipinski definition) is 3. The van der Waals surface area contributed by atoms with Gasteiger partial charge in [0.2, 0.25) is 5.91 Å². The van der Waals surface area contributed by atoms with Crippen molar-refractivity contribution >= 4 is 17.5 Å². The van der Waals surface area contributed by atoms with Crippen LogP contribution in [0.25, 0.3) is 0 Å². The highest BCUT2D eigenvalue weighted by atomic mass is 35.5. The Bertz CT molecular complexity index is 415. The van der Waals surface area contributed by atoms with Gasteiger partial charge in [-0.25, -0.2) is 0 Å². The second-order valence-corrected chi connectivity index (χ2v) is 5.39. The van der Waals surface area contributed by atoms with Crippen molar-refractivity contribution < 1.29 is 9.90 Å². The molecule has 0 saturated heterocycles. The summed E-state index contributed by atoms with van der Waals surface area (Å²) >= 11 is 5.99. The van der Waals surface area contributed by atoms with Crippen molar-refractivity contribution in [2.75, 3.05) is 6.54 Å². The average Bonchev–Trinajstić information content (AvgIpc) is 2.35. The predicted octanol–water partition coefficient (Wildman–Crippen LogP) is 2.30. The summed E-state index contributed by atoms with van der Waals surface area (Å²) in [6, 6.07) is 4.63. The van der Waals surface area contributed by atoms with Crippen LogP contribution in [-0.4, -0.2) is 23.6 Å². The predicted molar refractivity (Wildman–Crippen MR) is 77.3 cm³/mol. The molecule has 0 radical (unpaired) electrons. The highest BCUT2D eigenvalue weighted by molar-refractivity contribution is 6.31. The van der Waals surface area contributed by atoms with Gasteiger partial charge in [-0.15, -0.1) is 0 Å². The van der Waals surface area contributed by atoms with Gasteiger partial charge in [-0.05, 0) is 25.0 Å². The summed E-state index contributed by atoms with van der Waals surface area (Å²) in [7, 11) is 0. The standard InChI is InChI=1S/C14H21ClN2O2/c1-9(2)7-17-14(19)10(3)16-8-11-12(15)5-4-6-13(11)18/h4-6,9-10,16,18H,7-8H2,1-3H3,(H,17,19). The maximum atomic E-state index is 11.8. The minimum absolute atomic E-state index is 0.0553. The fourth-order valence-electron chi connectivity index (χ4n) is 1.53. The minimum atomic E-state index is -0.338. The van der Waals surface area contributed by atoms with Crippen molar-refractivity contribution in [1.82, 2.24) is 10.6 Å². The first-order valence-corrected chi connectivity index (χ1v) is 6.77. The largest absolute Gasteiger partial charge is 0.508 e. The summed E-state index contributed by atoms with van der Waals surface area (Å²) in [6.45, 7) is 6.87. The third-order valence-electron chi connectivity index (χ3n) is 2.76. The molecular formula is C14H21ClN2O2. The molecule has 5 heteroatoms. The van der Waals surface area contributed by atoms with E-state index in [0.29, 0.717) is 29.6 Å². The highest BCUT2D eigenvalue weighted by Gasteiger charge is 2.14. The van der Waals surface area contributed by atoms with E-state index in [1.54, 1.807) is 25.1 Å². The molecule has 1 aromatic carbocycles. The smallest absolute Gasteiger partial charge is 0.236 e. The van der Waals surface area contributed by atoms with Gasteiger partial charge in [0.15, 0.2) is 0 Å². The average molecular weight is 285 g/mol. The van der Waals surface area contributed by atoms with E-state index in [9.17, 15) is 9.90 Å². The molecule has 0 aliphatic heterocycles. The zero-order valence-electron chi connectivity index (χ0n) is 11.5. The molecule has 106 valence electrons. The Morgan fingerprint density at radius 1 is 1.37 bits per heavy atom. The number of halogens is 1. The molecule has 1 amide bonds. The molecule has 0 saturated carbocycles. The Kier molecular flexibility index (Phi) is 6.12. The number of carbonyl (C=O) groups excluding carboxylic acids is 1. The zero-order chi connectivity index (χ0) is 14.4. The van der Waals surface area contributed by atoms with Crippen LogP contribution in [0.4, 0.5) is 0 Å². The minimum Gasteiger partial charge on any atom is -0.508 e. The maximum Gasteiger partial charge on any atom is 0.236 e. The van der Waals surface area contributed by atoms with Gasteiger partial charge in [-0.1, -0.05) is 31.5 Å². The van der Waals surface area contributed by atoms with Crippen LogP contribution in [0.2, 0.25) is 5.02 Å². The molecule has 0 bridgehead atoms. The van der Waals surface area contributed by atoms with E-state index in [-0.39, 0.29) is 17.7 Å². The van der Waals surface area contributed by atoms with Gasteiger partial charge in [-0.2, -0.15) is 0 Å². The zero-order valence-corrected chi connectivity index (χ0v) is 12.3. The van der Waals surface area contributed by atoms with Gasteiger partial charge in [0.1, 0.15) is 5.75 Å². The van der Waals surface area contributed by atoms with E-state index in [2.05, 4.69) is 10.6 Å². The Morgan fingerprint density at radius 2 is 2.05 bits per heavy atom. The molecule has 3 N–H and O–H groups in total. The van der Waals surface area contributed by atoms with E-state index < -0.39 is 0 Å². The summed E-state index contributed by atoms with van der Waals surface area (Å²) in [5.41, 5.74) is 0.604. The van der Waals surface area contributed by atoms with Gasteiger partial charge in [0, 0.05) is 23.7 Å². The van der Waals surface area contributed by atoms with Crippen LogP contribution in [0.1, 0.15) is 26.3 Å². The molecule has 0 aromatic heterocycles. The van der Waals surface area contributed by atoms with Crippen LogP contribution >= 0.6 is 11.6 Å². The lowest BCUT2D eigenvalue weighted by Gasteiger charge is -2.16. The molecule has 0 fully saturated rings. The summed E-state index contributed by atoms with van der Waals surface area (Å²) in [5.74, 6) is 0.499. The number of nitrogens with one attached hydrogen (secondary N) is 2. The van der Waals surface area contributed by atoms with Crippen molar-refractivity contribution in [2.24, 2.45) is 5.92 Å². The van der Waals surface area contributed by atoms with Crippen molar-refractivity contribution in [3.8, 4) is 5.75 Å². The van der Waals surface area contributed by atoms with Gasteiger partial charge in [-0.3, -0.25) is 4.79 Å². The van der Waals surface area contributed by atoms with Crippen LogP contribution in [0, 0.1) is 5.92 Å². The molecule has 0 aliphatic rings. The topological polar surface area (TPSA) is 61.4 Å². The van der Waals surface area contributed by atoms with Gasteiger partial charge in [0.25, 0.3) is 0 Å². The van der Waals surface area contributed by atoms with Crippen molar-refractivity contribution in [3.63, 3.8) is 0 Å². The van der Waals surface area contributed by atoms with Crippen molar-refractivity contribution in [2.45, 2.75) is 33.4 Å². The van der Waals surface area contributed by atoms with Gasteiger partial charge in [0.05, 0.1) is 6.04 Å². The number of aromatic hydroxyl groups is 1. The molecule has 1 aromatic rings. The first kappa shape index (κ1) is 15.8. The number of phenolic OH excluding ortho intramolecular Hbond substituents is 1. The number of hydrogen-bond acceptors (Lipinski definition) is 3. The van der Waals surface area contributed by atoms with Crippen LogP contribution < -0.4 is 10.6 Å². The Labute approximate surface area is 119 Å². The van der Waals surface area contributed by atoms with E-state index in [4.69, 9.17) is 11.6 Å². The highest BCUT2D eigenvalue weighted by Crippen LogP contribution is 2.24. The maximum absolute atomic E-state index is 11.8. The molecular weight excluding hydrogens is 264 g/mol. The quantitative estimate of drug-likeness (QED) is 0.751. The molecule has 1 rings (SSSR count). The Morgan fingerprint density at radius 3 is 2.63 bits per heavy atom. The van der Waals surface area contributed by atoms with Gasteiger partial charge < -0.3 is 15.7 Å². The fourth-order valence-corrected chi connectivity index (χ4v) is 1.76. The third-order valence-corrected chi connectivity index (χ3v) is 3.11. The Hall–Kier alpha value is -1.26. The lowest BCUT2D eigenvalue weighted by atomic mass is 10.2. The lowest BCUT2D eigenvalue weighted by Crippen LogP contribution is -2.43. The van der Waals surface area contributed by atoms with E-state index in [1.165, 1.54) is 0 Å². The first-order chi connectivity index (χ1) is 8.91. The number of benzene rings is 1. The van der Waals surface area contributed by atoms with E-state index >= 15 is 0 Å². The molecule has 0 aliphatic carbocycles. The fraction of sp³-hybridized carbons (Fsp3) is 0.500. The second kappa shape index (κ2) is 7.36. The van der Waals surface area contributed by atoms with Crippen molar-refractivity contribution in [1.29, 1.82) is 0 Å². The van der Waals surface area contributed by atoms with Crippen molar-refractivity contribution in [3.05, 3.63) is 28.8 Å². The molecule has 4 nitrogen and oxygen atoms in total. The van der Waals surface area contributed by atoms with Gasteiger partial charge >= 0.3 is 0 Å². The molecule has 1 unspecified atom stereocenters. The number of amides is 1. The Balaban J connectivity index is 2.50. The van der Waals surface area contributed by atoms with E-state index in [0.717, 1.165) is 0 Å². The SMILES string of the molecule is CC(C)CNC(=O)C(C)NCc1c(O)cccc1Cl. The van der Waals surface area contributed by atoms with Crippen LogP contribution in [0.15, 0.2) is 18.2 Å². The molecule has 0 spiro atoms. The number of carbonyl (C=O) groups is 1. The lowest BCUT2D eigenvalue weighted by molar-refractivity contribution is -0.122. The molecule has 0 heterocycles. The summed E-state index contributed by atoms with van der Waals surface area (Å²) in [5, 5.41) is 16.1. The normalized spacial score (nSPS) is 12.5. The molecule has 19 heavy (non-hydrogen) atoms.